The van der Waals surface area contributed by atoms with Crippen LogP contribution in [0.5, 0.6) is 5.75 Å². The first-order chi connectivity index (χ1) is 8.42. The predicted octanol–water partition coefficient (Wildman–Crippen LogP) is 3.47. The summed E-state index contributed by atoms with van der Waals surface area (Å²) < 4.78 is 10.9. The number of carbonyl (C=O) groups is 1. The highest BCUT2D eigenvalue weighted by Crippen LogP contribution is 2.22. The Morgan fingerprint density at radius 2 is 1.83 bits per heavy atom. The summed E-state index contributed by atoms with van der Waals surface area (Å²) in [4.78, 5) is 12.3. The average Bonchev–Trinajstić information content (AvgIpc) is 2.37. The van der Waals surface area contributed by atoms with Gasteiger partial charge < -0.3 is 9.47 Å². The van der Waals surface area contributed by atoms with Gasteiger partial charge in [0.15, 0.2) is 5.78 Å². The number of benzene rings is 1. The van der Waals surface area contributed by atoms with Gasteiger partial charge in [-0.1, -0.05) is 6.92 Å². The Labute approximate surface area is 109 Å². The van der Waals surface area contributed by atoms with Gasteiger partial charge in [-0.05, 0) is 51.5 Å². The first-order valence-corrected chi connectivity index (χ1v) is 6.29. The zero-order valence-electron chi connectivity index (χ0n) is 11.8. The highest BCUT2D eigenvalue weighted by atomic mass is 16.5. The van der Waals surface area contributed by atoms with Crippen LogP contribution < -0.4 is 4.74 Å². The lowest BCUT2D eigenvalue weighted by atomic mass is 9.92. The molecule has 0 aliphatic heterocycles. The van der Waals surface area contributed by atoms with Crippen molar-refractivity contribution in [3.63, 3.8) is 0 Å². The van der Waals surface area contributed by atoms with Crippen molar-refractivity contribution in [1.82, 2.24) is 0 Å². The van der Waals surface area contributed by atoms with Crippen molar-refractivity contribution in [3.8, 4) is 5.75 Å². The minimum atomic E-state index is -0.750. The molecule has 0 aliphatic carbocycles. The van der Waals surface area contributed by atoms with Gasteiger partial charge in [-0.3, -0.25) is 4.79 Å². The molecular formula is C15H22O3. The Hall–Kier alpha value is -1.35. The monoisotopic (exact) mass is 250 g/mol. The molecule has 1 rings (SSSR count). The lowest BCUT2D eigenvalue weighted by molar-refractivity contribution is 0.0106. The molecule has 0 aliphatic rings. The molecule has 18 heavy (non-hydrogen) atoms. The number of carbonyl (C=O) groups excluding carboxylic acids is 1. The molecule has 0 radical (unpaired) electrons. The first kappa shape index (κ1) is 14.7. The molecule has 3 heteroatoms. The zero-order chi connectivity index (χ0) is 13.8. The van der Waals surface area contributed by atoms with Crippen molar-refractivity contribution in [1.29, 1.82) is 0 Å². The summed E-state index contributed by atoms with van der Waals surface area (Å²) in [7, 11) is 1.57. The van der Waals surface area contributed by atoms with E-state index in [4.69, 9.17) is 9.47 Å². The molecule has 0 saturated heterocycles. The van der Waals surface area contributed by atoms with Crippen molar-refractivity contribution in [2.24, 2.45) is 0 Å². The molecule has 1 aromatic carbocycles. The molecule has 0 bridgehead atoms. The molecule has 1 aromatic rings. The molecule has 1 unspecified atom stereocenters. The fourth-order valence-electron chi connectivity index (χ4n) is 1.66. The molecule has 3 nitrogen and oxygen atoms in total. The highest BCUT2D eigenvalue weighted by Gasteiger charge is 2.31. The highest BCUT2D eigenvalue weighted by molar-refractivity contribution is 6.02. The van der Waals surface area contributed by atoms with E-state index in [1.807, 2.05) is 39.8 Å². The van der Waals surface area contributed by atoms with Gasteiger partial charge in [0, 0.05) is 12.7 Å². The lowest BCUT2D eigenvalue weighted by Crippen LogP contribution is -2.36. The third kappa shape index (κ3) is 3.33. The van der Waals surface area contributed by atoms with E-state index < -0.39 is 5.60 Å². The molecule has 0 saturated carbocycles. The number of Topliss-reactive ketones (excluding diaryl/α,β-unsaturated/α-hetero) is 1. The Bertz CT molecular complexity index is 389. The fraction of sp³-hybridized carbons (Fsp3) is 0.533. The summed E-state index contributed by atoms with van der Waals surface area (Å²) in [5.41, 5.74) is -0.0993. The first-order valence-electron chi connectivity index (χ1n) is 6.29. The van der Waals surface area contributed by atoms with E-state index in [0.29, 0.717) is 12.0 Å². The molecule has 0 fully saturated rings. The van der Waals surface area contributed by atoms with Crippen LogP contribution in [-0.2, 0) is 4.74 Å². The van der Waals surface area contributed by atoms with Gasteiger partial charge in [-0.25, -0.2) is 0 Å². The Kier molecular flexibility index (Phi) is 4.91. The smallest absolute Gasteiger partial charge is 0.194 e. The Morgan fingerprint density at radius 3 is 2.22 bits per heavy atom. The van der Waals surface area contributed by atoms with E-state index in [0.717, 1.165) is 5.75 Å². The van der Waals surface area contributed by atoms with E-state index in [1.165, 1.54) is 0 Å². The van der Waals surface area contributed by atoms with Crippen LogP contribution >= 0.6 is 0 Å². The molecule has 0 heterocycles. The average molecular weight is 250 g/mol. The number of rotatable bonds is 6. The van der Waals surface area contributed by atoms with E-state index >= 15 is 0 Å². The molecular weight excluding hydrogens is 228 g/mol. The topological polar surface area (TPSA) is 35.5 Å². The van der Waals surface area contributed by atoms with Crippen molar-refractivity contribution in [2.75, 3.05) is 7.11 Å². The number of methoxy groups -OCH3 is 1. The van der Waals surface area contributed by atoms with Crippen LogP contribution in [0.25, 0.3) is 0 Å². The number of ketones is 1. The molecule has 0 aromatic heterocycles. The van der Waals surface area contributed by atoms with Crippen LogP contribution in [0.1, 0.15) is 44.5 Å². The van der Waals surface area contributed by atoms with E-state index in [2.05, 4.69) is 0 Å². The Morgan fingerprint density at radius 1 is 1.28 bits per heavy atom. The van der Waals surface area contributed by atoms with Gasteiger partial charge in [0.05, 0.1) is 6.10 Å². The molecule has 1 atom stereocenters. The van der Waals surface area contributed by atoms with E-state index in [9.17, 15) is 4.79 Å². The van der Waals surface area contributed by atoms with Gasteiger partial charge in [-0.15, -0.1) is 0 Å². The van der Waals surface area contributed by atoms with Crippen LogP contribution in [0.4, 0.5) is 0 Å². The maximum Gasteiger partial charge on any atom is 0.194 e. The second-order valence-corrected chi connectivity index (χ2v) is 4.81. The van der Waals surface area contributed by atoms with Gasteiger partial charge in [0.1, 0.15) is 11.4 Å². The quantitative estimate of drug-likeness (QED) is 0.725. The van der Waals surface area contributed by atoms with Crippen LogP contribution in [-0.4, -0.2) is 24.6 Å². The van der Waals surface area contributed by atoms with Gasteiger partial charge in [0.2, 0.25) is 0 Å². The lowest BCUT2D eigenvalue weighted by Gasteiger charge is -2.25. The molecule has 100 valence electrons. The second kappa shape index (κ2) is 6.01. The third-order valence-electron chi connectivity index (χ3n) is 3.09. The fourth-order valence-corrected chi connectivity index (χ4v) is 1.66. The van der Waals surface area contributed by atoms with Gasteiger partial charge in [-0.2, -0.15) is 0 Å². The number of hydrogen-bond donors (Lipinski definition) is 0. The summed E-state index contributed by atoms with van der Waals surface area (Å²) in [6.45, 7) is 7.70. The van der Waals surface area contributed by atoms with Crippen molar-refractivity contribution in [2.45, 2.75) is 45.8 Å². The standard InChI is InChI=1S/C15H22O3/c1-6-15(4,17-5)14(16)12-7-9-13(10-8-12)18-11(2)3/h7-11H,6H2,1-5H3. The normalized spacial score (nSPS) is 14.3. The van der Waals surface area contributed by atoms with Gasteiger partial charge >= 0.3 is 0 Å². The maximum absolute atomic E-state index is 12.3. The Balaban J connectivity index is 2.88. The van der Waals surface area contributed by atoms with Crippen LogP contribution in [0.3, 0.4) is 0 Å². The van der Waals surface area contributed by atoms with Crippen molar-refractivity contribution < 1.29 is 14.3 Å². The SMILES string of the molecule is CCC(C)(OC)C(=O)c1ccc(OC(C)C)cc1. The minimum Gasteiger partial charge on any atom is -0.491 e. The molecule has 0 spiro atoms. The summed E-state index contributed by atoms with van der Waals surface area (Å²) in [6, 6.07) is 7.21. The summed E-state index contributed by atoms with van der Waals surface area (Å²) in [6.07, 6.45) is 0.776. The van der Waals surface area contributed by atoms with Crippen LogP contribution in [0.2, 0.25) is 0 Å². The number of ether oxygens (including phenoxy) is 2. The summed E-state index contributed by atoms with van der Waals surface area (Å²) in [5.74, 6) is 0.778. The predicted molar refractivity (Wildman–Crippen MR) is 72.2 cm³/mol. The van der Waals surface area contributed by atoms with Crippen LogP contribution in [0.15, 0.2) is 24.3 Å². The maximum atomic E-state index is 12.3. The van der Waals surface area contributed by atoms with E-state index in [1.54, 1.807) is 19.2 Å². The van der Waals surface area contributed by atoms with Gasteiger partial charge in [0.25, 0.3) is 0 Å². The van der Waals surface area contributed by atoms with Crippen molar-refractivity contribution >= 4 is 5.78 Å². The molecule has 0 amide bonds. The molecule has 0 N–H and O–H groups in total. The van der Waals surface area contributed by atoms with Crippen LogP contribution in [0, 0.1) is 0 Å². The summed E-state index contributed by atoms with van der Waals surface area (Å²) in [5, 5.41) is 0. The largest absolute Gasteiger partial charge is 0.491 e. The third-order valence-corrected chi connectivity index (χ3v) is 3.09. The number of hydrogen-bond acceptors (Lipinski definition) is 3. The summed E-state index contributed by atoms with van der Waals surface area (Å²) >= 11 is 0. The van der Waals surface area contributed by atoms with E-state index in [-0.39, 0.29) is 11.9 Å². The van der Waals surface area contributed by atoms with Crippen molar-refractivity contribution in [3.05, 3.63) is 29.8 Å². The minimum absolute atomic E-state index is 0.00333. The second-order valence-electron chi connectivity index (χ2n) is 4.81. The zero-order valence-corrected chi connectivity index (χ0v) is 11.8.